The molecule has 1 aromatic heterocycles. The molecule has 0 spiro atoms. The number of amides is 1. The van der Waals surface area contributed by atoms with E-state index >= 15 is 0 Å². The molecule has 6 heteroatoms. The molecule has 1 aliphatic heterocycles. The number of carbonyl (C=O) groups is 1. The minimum absolute atomic E-state index is 0.0569. The quantitative estimate of drug-likeness (QED) is 0.771. The second kappa shape index (κ2) is 9.83. The minimum atomic E-state index is 0.0569. The number of morpholine rings is 1. The molecular weight excluding hydrogens is 346 g/mol. The number of nitrogens with one attached hydrogen (secondary N) is 1. The molecule has 3 rings (SSSR count). The Morgan fingerprint density at radius 2 is 1.92 bits per heavy atom. The summed E-state index contributed by atoms with van der Waals surface area (Å²) in [5.74, 6) is 0.0569. The van der Waals surface area contributed by atoms with Crippen molar-refractivity contribution in [2.45, 2.75) is 19.6 Å². The van der Waals surface area contributed by atoms with E-state index < -0.39 is 0 Å². The SMILES string of the molecule is CN(CC(=O)NCc1ccc(CN2CCOCC2)cc1)Cc1cccs1. The van der Waals surface area contributed by atoms with Crippen molar-refractivity contribution in [3.05, 3.63) is 57.8 Å². The predicted molar refractivity (Wildman–Crippen MR) is 105 cm³/mol. The summed E-state index contributed by atoms with van der Waals surface area (Å²) < 4.78 is 5.38. The summed E-state index contributed by atoms with van der Waals surface area (Å²) in [7, 11) is 1.97. The zero-order chi connectivity index (χ0) is 18.2. The smallest absolute Gasteiger partial charge is 0.234 e. The number of carbonyl (C=O) groups excluding carboxylic acids is 1. The zero-order valence-electron chi connectivity index (χ0n) is 15.3. The lowest BCUT2D eigenvalue weighted by molar-refractivity contribution is -0.122. The molecule has 140 valence electrons. The van der Waals surface area contributed by atoms with Gasteiger partial charge in [-0.05, 0) is 29.6 Å². The van der Waals surface area contributed by atoms with Gasteiger partial charge in [-0.3, -0.25) is 14.6 Å². The molecular formula is C20H27N3O2S. The van der Waals surface area contributed by atoms with Crippen LogP contribution in [0.3, 0.4) is 0 Å². The van der Waals surface area contributed by atoms with Gasteiger partial charge in [0.25, 0.3) is 0 Å². The molecule has 0 bridgehead atoms. The molecule has 1 N–H and O–H groups in total. The molecule has 1 fully saturated rings. The molecule has 1 amide bonds. The van der Waals surface area contributed by atoms with E-state index in [2.05, 4.69) is 45.9 Å². The van der Waals surface area contributed by atoms with Gasteiger partial charge in [0.05, 0.1) is 19.8 Å². The number of nitrogens with zero attached hydrogens (tertiary/aromatic N) is 2. The summed E-state index contributed by atoms with van der Waals surface area (Å²) in [4.78, 5) is 17.8. The Morgan fingerprint density at radius 1 is 1.19 bits per heavy atom. The summed E-state index contributed by atoms with van der Waals surface area (Å²) in [6.45, 7) is 6.39. The van der Waals surface area contributed by atoms with Gasteiger partial charge < -0.3 is 10.1 Å². The molecule has 2 aromatic rings. The molecule has 0 radical (unpaired) electrons. The van der Waals surface area contributed by atoms with E-state index in [1.54, 1.807) is 11.3 Å². The largest absolute Gasteiger partial charge is 0.379 e. The van der Waals surface area contributed by atoms with Crippen LogP contribution >= 0.6 is 11.3 Å². The Morgan fingerprint density at radius 3 is 2.62 bits per heavy atom. The Bertz CT molecular complexity index is 667. The maximum absolute atomic E-state index is 12.1. The van der Waals surface area contributed by atoms with Crippen LogP contribution < -0.4 is 5.32 Å². The number of ether oxygens (including phenoxy) is 1. The van der Waals surface area contributed by atoms with E-state index in [-0.39, 0.29) is 5.91 Å². The number of thiophene rings is 1. The fraction of sp³-hybridized carbons (Fsp3) is 0.450. The van der Waals surface area contributed by atoms with Gasteiger partial charge in [-0.25, -0.2) is 0 Å². The molecule has 2 heterocycles. The van der Waals surface area contributed by atoms with Crippen LogP contribution in [0.5, 0.6) is 0 Å². The van der Waals surface area contributed by atoms with Crippen molar-refractivity contribution in [1.82, 2.24) is 15.1 Å². The molecule has 1 aromatic carbocycles. The monoisotopic (exact) mass is 373 g/mol. The molecule has 1 aliphatic rings. The summed E-state index contributed by atoms with van der Waals surface area (Å²) in [5.41, 5.74) is 2.43. The fourth-order valence-corrected chi connectivity index (χ4v) is 3.79. The van der Waals surface area contributed by atoms with Crippen molar-refractivity contribution >= 4 is 17.2 Å². The van der Waals surface area contributed by atoms with E-state index in [0.717, 1.165) is 45.0 Å². The topological polar surface area (TPSA) is 44.8 Å². The van der Waals surface area contributed by atoms with Crippen molar-refractivity contribution in [2.24, 2.45) is 0 Å². The number of likely N-dealkylation sites (N-methyl/N-ethyl adjacent to an activating group) is 1. The zero-order valence-corrected chi connectivity index (χ0v) is 16.1. The standard InChI is InChI=1S/C20H27N3O2S/c1-22(15-19-3-2-12-26-19)16-20(24)21-13-17-4-6-18(7-5-17)14-23-8-10-25-11-9-23/h2-7,12H,8-11,13-16H2,1H3,(H,21,24). The van der Waals surface area contributed by atoms with Gasteiger partial charge in [0.1, 0.15) is 0 Å². The summed E-state index contributed by atoms with van der Waals surface area (Å²) >= 11 is 1.72. The van der Waals surface area contributed by atoms with Crippen molar-refractivity contribution in [3.63, 3.8) is 0 Å². The minimum Gasteiger partial charge on any atom is -0.379 e. The van der Waals surface area contributed by atoms with Crippen LogP contribution in [0.25, 0.3) is 0 Å². The number of rotatable bonds is 8. The summed E-state index contributed by atoms with van der Waals surface area (Å²) in [5, 5.41) is 5.07. The van der Waals surface area contributed by atoms with E-state index in [1.807, 2.05) is 18.0 Å². The first-order chi connectivity index (χ1) is 12.7. The van der Waals surface area contributed by atoms with Crippen LogP contribution in [0.1, 0.15) is 16.0 Å². The Kier molecular flexibility index (Phi) is 7.20. The van der Waals surface area contributed by atoms with Gasteiger partial charge in [-0.1, -0.05) is 30.3 Å². The van der Waals surface area contributed by atoms with E-state index in [4.69, 9.17) is 4.74 Å². The van der Waals surface area contributed by atoms with E-state index in [1.165, 1.54) is 10.4 Å². The van der Waals surface area contributed by atoms with Gasteiger partial charge in [0, 0.05) is 37.6 Å². The second-order valence-corrected chi connectivity index (χ2v) is 7.77. The molecule has 1 saturated heterocycles. The highest BCUT2D eigenvalue weighted by molar-refractivity contribution is 7.09. The maximum atomic E-state index is 12.1. The Balaban J connectivity index is 1.38. The average Bonchev–Trinajstić information content (AvgIpc) is 3.15. The molecule has 0 atom stereocenters. The first-order valence-electron chi connectivity index (χ1n) is 9.04. The number of benzene rings is 1. The fourth-order valence-electron chi connectivity index (χ4n) is 3.01. The molecule has 0 aliphatic carbocycles. The van der Waals surface area contributed by atoms with Gasteiger partial charge in [0.15, 0.2) is 0 Å². The molecule has 0 unspecified atom stereocenters. The second-order valence-electron chi connectivity index (χ2n) is 6.73. The lowest BCUT2D eigenvalue weighted by atomic mass is 10.1. The summed E-state index contributed by atoms with van der Waals surface area (Å²) in [6.07, 6.45) is 0. The van der Waals surface area contributed by atoms with Crippen molar-refractivity contribution in [2.75, 3.05) is 39.9 Å². The Hall–Kier alpha value is -1.73. The van der Waals surface area contributed by atoms with E-state index in [0.29, 0.717) is 13.1 Å². The number of hydrogen-bond donors (Lipinski definition) is 1. The van der Waals surface area contributed by atoms with Crippen molar-refractivity contribution in [1.29, 1.82) is 0 Å². The average molecular weight is 374 g/mol. The van der Waals surface area contributed by atoms with Crippen LogP contribution in [0.4, 0.5) is 0 Å². The van der Waals surface area contributed by atoms with Gasteiger partial charge in [-0.15, -0.1) is 11.3 Å². The molecule has 5 nitrogen and oxygen atoms in total. The summed E-state index contributed by atoms with van der Waals surface area (Å²) in [6, 6.07) is 12.6. The third-order valence-electron chi connectivity index (χ3n) is 4.44. The first-order valence-corrected chi connectivity index (χ1v) is 9.92. The first kappa shape index (κ1) is 19.0. The van der Waals surface area contributed by atoms with Crippen LogP contribution in [0.15, 0.2) is 41.8 Å². The molecule has 0 saturated carbocycles. The van der Waals surface area contributed by atoms with Crippen LogP contribution in [0, 0.1) is 0 Å². The highest BCUT2D eigenvalue weighted by Crippen LogP contribution is 2.11. The van der Waals surface area contributed by atoms with Gasteiger partial charge in [-0.2, -0.15) is 0 Å². The van der Waals surface area contributed by atoms with E-state index in [9.17, 15) is 4.79 Å². The third kappa shape index (κ3) is 6.21. The maximum Gasteiger partial charge on any atom is 0.234 e. The van der Waals surface area contributed by atoms with Gasteiger partial charge in [0.2, 0.25) is 5.91 Å². The van der Waals surface area contributed by atoms with Crippen molar-refractivity contribution < 1.29 is 9.53 Å². The van der Waals surface area contributed by atoms with Crippen LogP contribution in [0.2, 0.25) is 0 Å². The molecule has 26 heavy (non-hydrogen) atoms. The van der Waals surface area contributed by atoms with Crippen LogP contribution in [-0.2, 0) is 29.2 Å². The Labute approximate surface area is 159 Å². The van der Waals surface area contributed by atoms with Gasteiger partial charge >= 0.3 is 0 Å². The normalized spacial score (nSPS) is 15.3. The number of hydrogen-bond acceptors (Lipinski definition) is 5. The highest BCUT2D eigenvalue weighted by Gasteiger charge is 2.11. The third-order valence-corrected chi connectivity index (χ3v) is 5.30. The lowest BCUT2D eigenvalue weighted by Crippen LogP contribution is -2.35. The predicted octanol–water partition coefficient (Wildman–Crippen LogP) is 2.33. The van der Waals surface area contributed by atoms with Crippen LogP contribution in [-0.4, -0.2) is 55.6 Å². The van der Waals surface area contributed by atoms with Crippen molar-refractivity contribution in [3.8, 4) is 0 Å². The lowest BCUT2D eigenvalue weighted by Gasteiger charge is -2.26. The highest BCUT2D eigenvalue weighted by atomic mass is 32.1.